The summed E-state index contributed by atoms with van der Waals surface area (Å²) in [6.45, 7) is 5.90. The van der Waals surface area contributed by atoms with E-state index in [0.29, 0.717) is 38.5 Å². The lowest BCUT2D eigenvalue weighted by Gasteiger charge is -2.22. The van der Waals surface area contributed by atoms with E-state index in [4.69, 9.17) is 9.47 Å². The van der Waals surface area contributed by atoms with E-state index in [2.05, 4.69) is 9.97 Å². The van der Waals surface area contributed by atoms with E-state index >= 15 is 4.39 Å². The second-order valence-electron chi connectivity index (χ2n) is 8.10. The molecule has 2 aromatic rings. The zero-order valence-corrected chi connectivity index (χ0v) is 18.7. The molecule has 1 aliphatic rings. The first-order chi connectivity index (χ1) is 14.9. The van der Waals surface area contributed by atoms with Crippen LogP contribution in [0.5, 0.6) is 5.75 Å². The fraction of sp³-hybridized carbons (Fsp3) is 0.522. The number of likely N-dealkylation sites (N-methyl/N-ethyl adjacent to an activating group) is 1. The van der Waals surface area contributed by atoms with E-state index in [1.54, 1.807) is 26.0 Å². The van der Waals surface area contributed by atoms with Crippen LogP contribution in [0, 0.1) is 5.82 Å². The molecule has 0 aliphatic carbocycles. The van der Waals surface area contributed by atoms with Gasteiger partial charge in [-0.05, 0) is 30.5 Å². The van der Waals surface area contributed by atoms with E-state index in [0.717, 1.165) is 17.7 Å². The van der Waals surface area contributed by atoms with E-state index in [1.165, 1.54) is 6.33 Å². The Labute approximate surface area is 183 Å². The van der Waals surface area contributed by atoms with Crippen LogP contribution in [-0.2, 0) is 9.53 Å². The highest BCUT2D eigenvalue weighted by Gasteiger charge is 2.28. The van der Waals surface area contributed by atoms with Crippen LogP contribution in [-0.4, -0.2) is 62.3 Å². The smallest absolute Gasteiger partial charge is 0.208 e. The lowest BCUT2D eigenvalue weighted by atomic mass is 9.96. The molecule has 31 heavy (non-hydrogen) atoms. The number of carbonyl (C=O) groups excluding carboxylic acids is 1. The Morgan fingerprint density at radius 2 is 2.06 bits per heavy atom. The Morgan fingerprint density at radius 3 is 2.74 bits per heavy atom. The van der Waals surface area contributed by atoms with E-state index in [-0.39, 0.29) is 23.6 Å². The molecular formula is C23H31FN4O3. The summed E-state index contributed by atoms with van der Waals surface area (Å²) >= 11 is 0. The van der Waals surface area contributed by atoms with Crippen molar-refractivity contribution in [3.8, 4) is 5.75 Å². The highest BCUT2D eigenvalue weighted by molar-refractivity contribution is 5.76. The number of benzene rings is 1. The third-order valence-electron chi connectivity index (χ3n) is 5.54. The molecule has 0 N–H and O–H groups in total. The number of hydrogen-bond acceptors (Lipinski definition) is 7. The molecule has 8 heteroatoms. The number of ether oxygens (including phenoxy) is 2. The van der Waals surface area contributed by atoms with Gasteiger partial charge in [-0.1, -0.05) is 19.1 Å². The van der Waals surface area contributed by atoms with Crippen molar-refractivity contribution in [2.24, 2.45) is 0 Å². The predicted octanol–water partition coefficient (Wildman–Crippen LogP) is 3.44. The van der Waals surface area contributed by atoms with Crippen molar-refractivity contribution >= 4 is 17.4 Å². The number of Topliss-reactive ketones (excluding diaryl/α,β-unsaturated/α-hetero) is 1. The van der Waals surface area contributed by atoms with Gasteiger partial charge in [-0.2, -0.15) is 4.39 Å². The van der Waals surface area contributed by atoms with Crippen LogP contribution < -0.4 is 14.5 Å². The van der Waals surface area contributed by atoms with Crippen molar-refractivity contribution in [1.29, 1.82) is 0 Å². The number of nitrogens with zero attached hydrogens (tertiary/aromatic N) is 4. The molecule has 2 heterocycles. The Bertz CT molecular complexity index is 878. The summed E-state index contributed by atoms with van der Waals surface area (Å²) in [6.07, 6.45) is 2.65. The third kappa shape index (κ3) is 5.91. The summed E-state index contributed by atoms with van der Waals surface area (Å²) in [7, 11) is 3.39. The maximum Gasteiger partial charge on any atom is 0.208 e. The van der Waals surface area contributed by atoms with Crippen LogP contribution in [0.15, 0.2) is 30.6 Å². The molecule has 0 radical (unpaired) electrons. The minimum Gasteiger partial charge on any atom is -0.489 e. The summed E-state index contributed by atoms with van der Waals surface area (Å²) in [5.74, 6) is 1.28. The normalized spacial score (nSPS) is 16.9. The average Bonchev–Trinajstić information content (AvgIpc) is 3.20. The van der Waals surface area contributed by atoms with Gasteiger partial charge in [0.15, 0.2) is 11.6 Å². The minimum absolute atomic E-state index is 0.0514. The number of ketones is 1. The summed E-state index contributed by atoms with van der Waals surface area (Å²) in [6, 6.07) is 7.87. The molecule has 1 saturated heterocycles. The van der Waals surface area contributed by atoms with Crippen LogP contribution in [0.2, 0.25) is 0 Å². The topological polar surface area (TPSA) is 67.8 Å². The monoisotopic (exact) mass is 430 g/mol. The molecule has 1 fully saturated rings. The number of anilines is 2. The van der Waals surface area contributed by atoms with Crippen molar-refractivity contribution in [2.75, 3.05) is 50.2 Å². The molecule has 1 aliphatic heterocycles. The number of halogens is 1. The first kappa shape index (κ1) is 22.9. The van der Waals surface area contributed by atoms with Crippen molar-refractivity contribution in [3.05, 3.63) is 42.0 Å². The number of carbonyl (C=O) groups is 1. The first-order valence-electron chi connectivity index (χ1n) is 10.6. The Hall–Kier alpha value is -2.74. The van der Waals surface area contributed by atoms with Gasteiger partial charge >= 0.3 is 0 Å². The van der Waals surface area contributed by atoms with Gasteiger partial charge in [0.25, 0.3) is 0 Å². The van der Waals surface area contributed by atoms with Crippen LogP contribution in [0.1, 0.15) is 38.2 Å². The number of aromatic nitrogens is 2. The molecule has 1 aromatic carbocycles. The van der Waals surface area contributed by atoms with Gasteiger partial charge in [-0.15, -0.1) is 0 Å². The van der Waals surface area contributed by atoms with Crippen LogP contribution in [0.4, 0.5) is 16.0 Å². The van der Waals surface area contributed by atoms with Gasteiger partial charge in [0.1, 0.15) is 24.0 Å². The zero-order valence-electron chi connectivity index (χ0n) is 18.7. The van der Waals surface area contributed by atoms with E-state index in [1.807, 2.05) is 36.1 Å². The number of rotatable bonds is 10. The largest absolute Gasteiger partial charge is 0.489 e. The molecule has 0 unspecified atom stereocenters. The lowest BCUT2D eigenvalue weighted by molar-refractivity contribution is -0.117. The molecule has 3 rings (SSSR count). The molecule has 1 aromatic heterocycles. The van der Waals surface area contributed by atoms with Gasteiger partial charge in [0.05, 0.1) is 13.2 Å². The van der Waals surface area contributed by atoms with Crippen LogP contribution in [0.25, 0.3) is 0 Å². The molecule has 0 spiro atoms. The SMILES string of the molecule is COCCN(C)c1ncnc(N2CC[C@@H](Oc3ccc([C@H](C)CC(C)=O)cc3)C2)c1F. The third-order valence-corrected chi connectivity index (χ3v) is 5.54. The fourth-order valence-corrected chi connectivity index (χ4v) is 3.81. The van der Waals surface area contributed by atoms with Crippen molar-refractivity contribution in [1.82, 2.24) is 9.97 Å². The van der Waals surface area contributed by atoms with E-state index in [9.17, 15) is 4.79 Å². The van der Waals surface area contributed by atoms with Gasteiger partial charge in [0.2, 0.25) is 5.82 Å². The quantitative estimate of drug-likeness (QED) is 0.572. The molecule has 2 atom stereocenters. The van der Waals surface area contributed by atoms with Gasteiger partial charge in [0, 0.05) is 40.1 Å². The molecule has 0 amide bonds. The van der Waals surface area contributed by atoms with Crippen molar-refractivity contribution in [2.45, 2.75) is 38.7 Å². The molecule has 7 nitrogen and oxygen atoms in total. The minimum atomic E-state index is -0.425. The molecule has 168 valence electrons. The number of hydrogen-bond donors (Lipinski definition) is 0. The number of methoxy groups -OCH3 is 1. The van der Waals surface area contributed by atoms with Crippen molar-refractivity contribution in [3.63, 3.8) is 0 Å². The highest BCUT2D eigenvalue weighted by Crippen LogP contribution is 2.28. The summed E-state index contributed by atoms with van der Waals surface area (Å²) in [5, 5.41) is 0. The second kappa shape index (κ2) is 10.5. The molecular weight excluding hydrogens is 399 g/mol. The molecule has 0 bridgehead atoms. The Morgan fingerprint density at radius 1 is 1.32 bits per heavy atom. The first-order valence-corrected chi connectivity index (χ1v) is 10.6. The highest BCUT2D eigenvalue weighted by atomic mass is 19.1. The maximum atomic E-state index is 15.1. The lowest BCUT2D eigenvalue weighted by Crippen LogP contribution is -2.28. The summed E-state index contributed by atoms with van der Waals surface area (Å²) < 4.78 is 26.2. The Balaban J connectivity index is 1.61. The molecule has 0 saturated carbocycles. The predicted molar refractivity (Wildman–Crippen MR) is 119 cm³/mol. The fourth-order valence-electron chi connectivity index (χ4n) is 3.81. The maximum absolute atomic E-state index is 15.1. The second-order valence-corrected chi connectivity index (χ2v) is 8.10. The average molecular weight is 431 g/mol. The van der Waals surface area contributed by atoms with Gasteiger partial charge < -0.3 is 24.1 Å². The van der Waals surface area contributed by atoms with E-state index < -0.39 is 5.82 Å². The van der Waals surface area contributed by atoms with Crippen LogP contribution in [0.3, 0.4) is 0 Å². The Kier molecular flexibility index (Phi) is 7.79. The van der Waals surface area contributed by atoms with Crippen molar-refractivity contribution < 1.29 is 18.7 Å². The van der Waals surface area contributed by atoms with Crippen LogP contribution >= 0.6 is 0 Å². The van der Waals surface area contributed by atoms with Gasteiger partial charge in [-0.25, -0.2) is 9.97 Å². The summed E-state index contributed by atoms with van der Waals surface area (Å²) in [4.78, 5) is 23.2. The zero-order chi connectivity index (χ0) is 22.4. The van der Waals surface area contributed by atoms with Gasteiger partial charge in [-0.3, -0.25) is 0 Å². The standard InChI is InChI=1S/C23H31FN4O3/c1-16(13-17(2)29)18-5-7-19(8-6-18)31-20-9-10-28(14-20)23-21(24)22(25-15-26-23)27(3)11-12-30-4/h5-8,15-16,20H,9-14H2,1-4H3/t16-,20-/m1/s1. The summed E-state index contributed by atoms with van der Waals surface area (Å²) in [5.41, 5.74) is 1.11.